The zero-order chi connectivity index (χ0) is 11.5. The zero-order valence-corrected chi connectivity index (χ0v) is 9.70. The van der Waals surface area contributed by atoms with Gasteiger partial charge in [-0.25, -0.2) is 9.37 Å². The first-order valence-corrected chi connectivity index (χ1v) is 5.66. The Morgan fingerprint density at radius 2 is 2.38 bits per heavy atom. The molecule has 1 saturated heterocycles. The number of nitrogens with zero attached hydrogens (tertiary/aromatic N) is 3. The number of aromatic nitrogens is 2. The summed E-state index contributed by atoms with van der Waals surface area (Å²) in [5.41, 5.74) is 0. The average Bonchev–Trinajstić information content (AvgIpc) is 2.30. The Balaban J connectivity index is 2.24. The molecule has 0 aromatic carbocycles. The van der Waals surface area contributed by atoms with E-state index in [2.05, 4.69) is 22.2 Å². The summed E-state index contributed by atoms with van der Waals surface area (Å²) in [5, 5.41) is 2.83. The second kappa shape index (κ2) is 4.63. The molecule has 1 aromatic heterocycles. The van der Waals surface area contributed by atoms with Crippen LogP contribution in [-0.4, -0.2) is 30.1 Å². The lowest BCUT2D eigenvalue weighted by molar-refractivity contribution is 0.438. The van der Waals surface area contributed by atoms with Crippen molar-refractivity contribution >= 4 is 11.8 Å². The Morgan fingerprint density at radius 1 is 1.56 bits per heavy atom. The summed E-state index contributed by atoms with van der Waals surface area (Å²) in [7, 11) is 1.73. The number of halogens is 1. The van der Waals surface area contributed by atoms with Crippen LogP contribution in [-0.2, 0) is 0 Å². The van der Waals surface area contributed by atoms with Gasteiger partial charge < -0.3 is 10.2 Å². The van der Waals surface area contributed by atoms with Crippen LogP contribution in [0.2, 0.25) is 0 Å². The molecule has 1 unspecified atom stereocenters. The minimum Gasteiger partial charge on any atom is -0.357 e. The van der Waals surface area contributed by atoms with Crippen LogP contribution in [0.4, 0.5) is 16.2 Å². The standard InChI is InChI=1S/C11H17FN4/c1-8-4-3-5-16(7-8)10-9(12)6-14-11(13-2)15-10/h6,8H,3-5,7H2,1-2H3,(H,13,14,15). The van der Waals surface area contributed by atoms with E-state index >= 15 is 0 Å². The Morgan fingerprint density at radius 3 is 3.06 bits per heavy atom. The second-order valence-corrected chi connectivity index (χ2v) is 4.31. The van der Waals surface area contributed by atoms with Gasteiger partial charge in [-0.2, -0.15) is 4.98 Å². The van der Waals surface area contributed by atoms with Crippen molar-refractivity contribution in [1.29, 1.82) is 0 Å². The van der Waals surface area contributed by atoms with Gasteiger partial charge in [0.25, 0.3) is 0 Å². The van der Waals surface area contributed by atoms with Gasteiger partial charge in [-0.3, -0.25) is 0 Å². The highest BCUT2D eigenvalue weighted by Gasteiger charge is 2.20. The van der Waals surface area contributed by atoms with E-state index in [0.29, 0.717) is 17.7 Å². The van der Waals surface area contributed by atoms with E-state index in [1.807, 2.05) is 4.90 Å². The fraction of sp³-hybridized carbons (Fsp3) is 0.636. The van der Waals surface area contributed by atoms with Crippen molar-refractivity contribution in [1.82, 2.24) is 9.97 Å². The monoisotopic (exact) mass is 224 g/mol. The molecule has 0 bridgehead atoms. The van der Waals surface area contributed by atoms with Gasteiger partial charge in [0.05, 0.1) is 6.20 Å². The van der Waals surface area contributed by atoms with Gasteiger partial charge in [0.2, 0.25) is 5.95 Å². The first-order chi connectivity index (χ1) is 7.70. The molecule has 1 fully saturated rings. The van der Waals surface area contributed by atoms with Crippen molar-refractivity contribution in [3.63, 3.8) is 0 Å². The van der Waals surface area contributed by atoms with Crippen LogP contribution in [0.1, 0.15) is 19.8 Å². The highest BCUT2D eigenvalue weighted by atomic mass is 19.1. The molecule has 1 aliphatic rings. The fourth-order valence-corrected chi connectivity index (χ4v) is 2.08. The van der Waals surface area contributed by atoms with Gasteiger partial charge in [-0.1, -0.05) is 6.92 Å². The molecule has 0 radical (unpaired) electrons. The SMILES string of the molecule is CNc1ncc(F)c(N2CCCC(C)C2)n1. The smallest absolute Gasteiger partial charge is 0.224 e. The average molecular weight is 224 g/mol. The summed E-state index contributed by atoms with van der Waals surface area (Å²) in [6, 6.07) is 0. The predicted octanol–water partition coefficient (Wildman–Crippen LogP) is 1.89. The number of hydrogen-bond donors (Lipinski definition) is 1. The lowest BCUT2D eigenvalue weighted by Crippen LogP contribution is -2.35. The largest absolute Gasteiger partial charge is 0.357 e. The fourth-order valence-electron chi connectivity index (χ4n) is 2.08. The van der Waals surface area contributed by atoms with Crippen molar-refractivity contribution in [2.24, 2.45) is 5.92 Å². The number of rotatable bonds is 2. The topological polar surface area (TPSA) is 41.1 Å². The van der Waals surface area contributed by atoms with Crippen LogP contribution in [0.5, 0.6) is 0 Å². The maximum atomic E-state index is 13.6. The van der Waals surface area contributed by atoms with Crippen molar-refractivity contribution in [2.45, 2.75) is 19.8 Å². The maximum absolute atomic E-state index is 13.6. The Labute approximate surface area is 94.9 Å². The second-order valence-electron chi connectivity index (χ2n) is 4.31. The van der Waals surface area contributed by atoms with Crippen LogP contribution in [0, 0.1) is 11.7 Å². The van der Waals surface area contributed by atoms with E-state index in [-0.39, 0.29) is 5.82 Å². The highest BCUT2D eigenvalue weighted by Crippen LogP contribution is 2.23. The third kappa shape index (κ3) is 2.23. The maximum Gasteiger partial charge on any atom is 0.224 e. The van der Waals surface area contributed by atoms with Gasteiger partial charge >= 0.3 is 0 Å². The van der Waals surface area contributed by atoms with Gasteiger partial charge in [-0.15, -0.1) is 0 Å². The molecule has 5 heteroatoms. The van der Waals surface area contributed by atoms with Crippen LogP contribution in [0.15, 0.2) is 6.20 Å². The van der Waals surface area contributed by atoms with Crippen molar-refractivity contribution in [2.75, 3.05) is 30.4 Å². The van der Waals surface area contributed by atoms with Gasteiger partial charge in [0.1, 0.15) is 0 Å². The van der Waals surface area contributed by atoms with E-state index in [4.69, 9.17) is 0 Å². The molecule has 0 spiro atoms. The molecule has 0 aliphatic carbocycles. The van der Waals surface area contributed by atoms with Crippen LogP contribution in [0.25, 0.3) is 0 Å². The quantitative estimate of drug-likeness (QED) is 0.833. The van der Waals surface area contributed by atoms with Crippen molar-refractivity contribution in [3.05, 3.63) is 12.0 Å². The molecule has 0 amide bonds. The summed E-state index contributed by atoms with van der Waals surface area (Å²) in [5.74, 6) is 1.15. The first-order valence-electron chi connectivity index (χ1n) is 5.66. The Bertz CT molecular complexity index is 369. The lowest BCUT2D eigenvalue weighted by atomic mass is 10.0. The molecule has 0 saturated carbocycles. The van der Waals surface area contributed by atoms with Gasteiger partial charge in [-0.05, 0) is 18.8 Å². The summed E-state index contributed by atoms with van der Waals surface area (Å²) in [6.45, 7) is 3.93. The van der Waals surface area contributed by atoms with E-state index in [9.17, 15) is 4.39 Å². The van der Waals surface area contributed by atoms with Crippen LogP contribution >= 0.6 is 0 Å². The third-order valence-electron chi connectivity index (χ3n) is 2.91. The first kappa shape index (κ1) is 11.1. The third-order valence-corrected chi connectivity index (χ3v) is 2.91. The molecule has 16 heavy (non-hydrogen) atoms. The van der Waals surface area contributed by atoms with Crippen LogP contribution in [0.3, 0.4) is 0 Å². The Kier molecular flexibility index (Phi) is 3.22. The number of anilines is 2. The van der Waals surface area contributed by atoms with Crippen molar-refractivity contribution in [3.8, 4) is 0 Å². The molecular weight excluding hydrogens is 207 g/mol. The minimum atomic E-state index is -0.340. The molecule has 2 rings (SSSR count). The van der Waals surface area contributed by atoms with Crippen molar-refractivity contribution < 1.29 is 4.39 Å². The van der Waals surface area contributed by atoms with E-state index < -0.39 is 0 Å². The summed E-state index contributed by atoms with van der Waals surface area (Å²) >= 11 is 0. The minimum absolute atomic E-state index is 0.340. The molecule has 2 heterocycles. The van der Waals surface area contributed by atoms with E-state index in [1.165, 1.54) is 12.6 Å². The Hall–Kier alpha value is -1.39. The molecular formula is C11H17FN4. The predicted molar refractivity (Wildman–Crippen MR) is 62.1 cm³/mol. The molecule has 1 N–H and O–H groups in total. The van der Waals surface area contributed by atoms with E-state index in [1.54, 1.807) is 7.05 Å². The van der Waals surface area contributed by atoms with Gasteiger partial charge in [0, 0.05) is 20.1 Å². The molecule has 88 valence electrons. The number of piperidine rings is 1. The molecule has 1 aromatic rings. The van der Waals surface area contributed by atoms with Crippen LogP contribution < -0.4 is 10.2 Å². The van der Waals surface area contributed by atoms with E-state index in [0.717, 1.165) is 19.5 Å². The normalized spacial score (nSPS) is 20.9. The number of hydrogen-bond acceptors (Lipinski definition) is 4. The summed E-state index contributed by atoms with van der Waals surface area (Å²) in [6.07, 6.45) is 3.54. The molecule has 1 aliphatic heterocycles. The molecule has 4 nitrogen and oxygen atoms in total. The zero-order valence-electron chi connectivity index (χ0n) is 9.70. The summed E-state index contributed by atoms with van der Waals surface area (Å²) < 4.78 is 13.6. The lowest BCUT2D eigenvalue weighted by Gasteiger charge is -2.31. The molecule has 1 atom stereocenters. The summed E-state index contributed by atoms with van der Waals surface area (Å²) in [4.78, 5) is 10.0. The van der Waals surface area contributed by atoms with Gasteiger partial charge in [0.15, 0.2) is 11.6 Å². The highest BCUT2D eigenvalue weighted by molar-refractivity contribution is 5.44. The number of nitrogens with one attached hydrogen (secondary N) is 1.